The molecule has 0 saturated heterocycles. The van der Waals surface area contributed by atoms with Gasteiger partial charge in [0.05, 0.1) is 6.54 Å². The quantitative estimate of drug-likeness (QED) is 0.761. The topological polar surface area (TPSA) is 80.0 Å². The van der Waals surface area contributed by atoms with Crippen molar-refractivity contribution in [1.29, 1.82) is 0 Å². The van der Waals surface area contributed by atoms with E-state index in [9.17, 15) is 4.79 Å². The molecule has 1 aromatic carbocycles. The Balaban J connectivity index is 1.60. The van der Waals surface area contributed by atoms with Gasteiger partial charge in [0.2, 0.25) is 0 Å². The average molecular weight is 335 g/mol. The number of benzene rings is 1. The Kier molecular flexibility index (Phi) is 4.36. The molecule has 0 aliphatic rings. The van der Waals surface area contributed by atoms with Crippen molar-refractivity contribution in [2.24, 2.45) is 0 Å². The molecule has 0 bridgehead atoms. The van der Waals surface area contributed by atoms with Crippen LogP contribution >= 0.6 is 22.9 Å². The van der Waals surface area contributed by atoms with Crippen molar-refractivity contribution in [3.8, 4) is 11.3 Å². The number of nitrogens with one attached hydrogen (secondary N) is 2. The normalized spacial score (nSPS) is 10.4. The Labute approximate surface area is 135 Å². The number of thiazole rings is 1. The Morgan fingerprint density at radius 2 is 2.27 bits per heavy atom. The molecule has 0 radical (unpaired) electrons. The van der Waals surface area contributed by atoms with Crippen molar-refractivity contribution in [2.75, 3.05) is 5.32 Å². The summed E-state index contributed by atoms with van der Waals surface area (Å²) in [4.78, 5) is 15.8. The average Bonchev–Trinajstić information content (AvgIpc) is 3.16. The fourth-order valence-electron chi connectivity index (χ4n) is 1.77. The van der Waals surface area contributed by atoms with E-state index in [1.807, 2.05) is 17.5 Å². The molecule has 3 rings (SSSR count). The van der Waals surface area contributed by atoms with Gasteiger partial charge in [-0.05, 0) is 12.1 Å². The van der Waals surface area contributed by atoms with E-state index in [1.165, 1.54) is 11.3 Å². The van der Waals surface area contributed by atoms with E-state index in [-0.39, 0.29) is 6.03 Å². The summed E-state index contributed by atoms with van der Waals surface area (Å²) in [5, 5.41) is 12.4. The predicted octanol–water partition coefficient (Wildman–Crippen LogP) is 3.77. The largest absolute Gasteiger partial charge is 0.354 e. The molecule has 0 unspecified atom stereocenters. The third kappa shape index (κ3) is 3.63. The van der Waals surface area contributed by atoms with Crippen LogP contribution in [0.25, 0.3) is 11.3 Å². The minimum absolute atomic E-state index is 0.326. The van der Waals surface area contributed by atoms with Gasteiger partial charge in [0.15, 0.2) is 11.6 Å². The highest BCUT2D eigenvalue weighted by atomic mass is 35.5. The van der Waals surface area contributed by atoms with Crippen molar-refractivity contribution in [1.82, 2.24) is 15.5 Å². The first-order valence-electron chi connectivity index (χ1n) is 6.36. The zero-order valence-corrected chi connectivity index (χ0v) is 12.8. The van der Waals surface area contributed by atoms with Crippen LogP contribution in [0, 0.1) is 0 Å². The van der Waals surface area contributed by atoms with Gasteiger partial charge in [-0.15, -0.1) is 11.3 Å². The van der Waals surface area contributed by atoms with E-state index < -0.39 is 0 Å². The van der Waals surface area contributed by atoms with Crippen molar-refractivity contribution >= 4 is 34.8 Å². The van der Waals surface area contributed by atoms with Crippen LogP contribution in [0.15, 0.2) is 46.4 Å². The van der Waals surface area contributed by atoms with Gasteiger partial charge in [0.1, 0.15) is 5.01 Å². The molecule has 6 nitrogen and oxygen atoms in total. The molecule has 0 aliphatic carbocycles. The summed E-state index contributed by atoms with van der Waals surface area (Å²) in [7, 11) is 0. The number of rotatable bonds is 4. The van der Waals surface area contributed by atoms with Crippen LogP contribution in [0.1, 0.15) is 5.01 Å². The highest BCUT2D eigenvalue weighted by molar-refractivity contribution is 7.09. The van der Waals surface area contributed by atoms with Gasteiger partial charge in [-0.2, -0.15) is 0 Å². The first-order chi connectivity index (χ1) is 10.7. The molecule has 112 valence electrons. The molecule has 2 amide bonds. The summed E-state index contributed by atoms with van der Waals surface area (Å²) in [6, 6.07) is 8.45. The number of anilines is 1. The lowest BCUT2D eigenvalue weighted by Gasteiger charge is -2.02. The van der Waals surface area contributed by atoms with E-state index in [0.717, 1.165) is 10.6 Å². The number of carbonyl (C=O) groups is 1. The van der Waals surface area contributed by atoms with E-state index in [4.69, 9.17) is 16.1 Å². The van der Waals surface area contributed by atoms with Crippen LogP contribution in [0.2, 0.25) is 5.02 Å². The highest BCUT2D eigenvalue weighted by Gasteiger charge is 2.10. The minimum atomic E-state index is -0.374. The second-order valence-electron chi connectivity index (χ2n) is 4.32. The third-order valence-corrected chi connectivity index (χ3v) is 3.76. The van der Waals surface area contributed by atoms with Crippen LogP contribution in [0.5, 0.6) is 0 Å². The number of halogens is 1. The molecule has 3 aromatic rings. The number of hydrogen-bond donors (Lipinski definition) is 2. The number of nitrogens with zero attached hydrogens (tertiary/aromatic N) is 2. The molecule has 22 heavy (non-hydrogen) atoms. The summed E-state index contributed by atoms with van der Waals surface area (Å²) < 4.78 is 5.20. The second-order valence-corrected chi connectivity index (χ2v) is 5.74. The Morgan fingerprint density at radius 3 is 3.05 bits per heavy atom. The second kappa shape index (κ2) is 6.59. The predicted molar refractivity (Wildman–Crippen MR) is 84.9 cm³/mol. The van der Waals surface area contributed by atoms with Gasteiger partial charge >= 0.3 is 6.03 Å². The molecule has 0 fully saturated rings. The molecular formula is C14H11ClN4O2S. The fraction of sp³-hybridized carbons (Fsp3) is 0.0714. The number of hydrogen-bond acceptors (Lipinski definition) is 5. The van der Waals surface area contributed by atoms with E-state index >= 15 is 0 Å². The molecule has 2 aromatic heterocycles. The molecule has 2 N–H and O–H groups in total. The highest BCUT2D eigenvalue weighted by Crippen LogP contribution is 2.24. The van der Waals surface area contributed by atoms with E-state index in [2.05, 4.69) is 20.8 Å². The van der Waals surface area contributed by atoms with Crippen LogP contribution in [0.3, 0.4) is 0 Å². The fourth-order valence-corrected chi connectivity index (χ4v) is 2.51. The third-order valence-electron chi connectivity index (χ3n) is 2.74. The lowest BCUT2D eigenvalue weighted by molar-refractivity contribution is 0.251. The Bertz CT molecular complexity index is 773. The zero-order valence-electron chi connectivity index (χ0n) is 11.2. The standard InChI is InChI=1S/C14H11ClN4O2S/c15-10-3-1-2-9(6-10)11-7-12(19-21-11)18-14(20)17-8-13-16-4-5-22-13/h1-7H,8H2,(H2,17,18,19,20). The summed E-state index contributed by atoms with van der Waals surface area (Å²) in [5.74, 6) is 0.851. The van der Waals surface area contributed by atoms with Gasteiger partial charge in [-0.25, -0.2) is 9.78 Å². The van der Waals surface area contributed by atoms with E-state index in [1.54, 1.807) is 24.4 Å². The van der Waals surface area contributed by atoms with Crippen LogP contribution in [0.4, 0.5) is 10.6 Å². The van der Waals surface area contributed by atoms with Gasteiger partial charge in [-0.3, -0.25) is 5.32 Å². The molecule has 8 heteroatoms. The molecule has 0 atom stereocenters. The van der Waals surface area contributed by atoms with Crippen molar-refractivity contribution in [3.05, 3.63) is 51.9 Å². The number of carbonyl (C=O) groups excluding carboxylic acids is 1. The summed E-state index contributed by atoms with van der Waals surface area (Å²) in [6.07, 6.45) is 1.69. The molecule has 0 saturated carbocycles. The monoisotopic (exact) mass is 334 g/mol. The summed E-state index contributed by atoms with van der Waals surface area (Å²) in [6.45, 7) is 0.364. The first kappa shape index (κ1) is 14.6. The summed E-state index contributed by atoms with van der Waals surface area (Å²) in [5.41, 5.74) is 0.788. The first-order valence-corrected chi connectivity index (χ1v) is 7.62. The van der Waals surface area contributed by atoms with Crippen molar-refractivity contribution < 1.29 is 9.32 Å². The van der Waals surface area contributed by atoms with Crippen LogP contribution < -0.4 is 10.6 Å². The summed E-state index contributed by atoms with van der Waals surface area (Å²) >= 11 is 7.40. The maximum Gasteiger partial charge on any atom is 0.320 e. The molecule has 2 heterocycles. The van der Waals surface area contributed by atoms with Gasteiger partial charge < -0.3 is 9.84 Å². The zero-order chi connectivity index (χ0) is 15.4. The Morgan fingerprint density at radius 1 is 1.36 bits per heavy atom. The molecule has 0 aliphatic heterocycles. The maximum absolute atomic E-state index is 11.8. The lowest BCUT2D eigenvalue weighted by atomic mass is 10.2. The number of aromatic nitrogens is 2. The van der Waals surface area contributed by atoms with Crippen molar-refractivity contribution in [2.45, 2.75) is 6.54 Å². The Hall–Kier alpha value is -2.38. The SMILES string of the molecule is O=C(NCc1nccs1)Nc1cc(-c2cccc(Cl)c2)on1. The van der Waals surface area contributed by atoms with Crippen molar-refractivity contribution in [3.63, 3.8) is 0 Å². The van der Waals surface area contributed by atoms with Gasteiger partial charge in [-0.1, -0.05) is 28.9 Å². The smallest absolute Gasteiger partial charge is 0.320 e. The maximum atomic E-state index is 11.8. The number of urea groups is 1. The van der Waals surface area contributed by atoms with Crippen LogP contribution in [-0.4, -0.2) is 16.2 Å². The van der Waals surface area contributed by atoms with Gasteiger partial charge in [0, 0.05) is 28.2 Å². The molecular weight excluding hydrogens is 324 g/mol. The number of amides is 2. The lowest BCUT2D eigenvalue weighted by Crippen LogP contribution is -2.28. The van der Waals surface area contributed by atoms with Crippen LogP contribution in [-0.2, 0) is 6.54 Å². The minimum Gasteiger partial charge on any atom is -0.354 e. The van der Waals surface area contributed by atoms with E-state index in [0.29, 0.717) is 23.1 Å². The van der Waals surface area contributed by atoms with Gasteiger partial charge in [0.25, 0.3) is 0 Å². The molecule has 0 spiro atoms.